The number of rotatable bonds is 5. The summed E-state index contributed by atoms with van der Waals surface area (Å²) in [5.74, 6) is 0.0354. The summed E-state index contributed by atoms with van der Waals surface area (Å²) in [7, 11) is 0. The molecule has 4 aromatic heterocycles. The van der Waals surface area contributed by atoms with Crippen LogP contribution in [0.2, 0.25) is 0 Å². The third-order valence-corrected chi connectivity index (χ3v) is 7.08. The molecule has 0 spiro atoms. The van der Waals surface area contributed by atoms with Gasteiger partial charge in [-0.15, -0.1) is 10.2 Å². The molecular formula is C28H26N8O3. The van der Waals surface area contributed by atoms with Crippen LogP contribution in [0.25, 0.3) is 28.0 Å². The zero-order chi connectivity index (χ0) is 27.1. The molecule has 1 aliphatic rings. The Kier molecular flexibility index (Phi) is 6.10. The Hall–Kier alpha value is -4.93. The lowest BCUT2D eigenvalue weighted by Gasteiger charge is -2.31. The highest BCUT2D eigenvalue weighted by molar-refractivity contribution is 6.00. The average molecular weight is 523 g/mol. The predicted octanol–water partition coefficient (Wildman–Crippen LogP) is 3.95. The molecule has 11 heteroatoms. The van der Waals surface area contributed by atoms with Gasteiger partial charge >= 0.3 is 11.8 Å². The van der Waals surface area contributed by atoms with Gasteiger partial charge in [-0.05, 0) is 25.8 Å². The summed E-state index contributed by atoms with van der Waals surface area (Å²) >= 11 is 0. The van der Waals surface area contributed by atoms with Crippen molar-refractivity contribution in [3.05, 3.63) is 77.9 Å². The number of fused-ring (bicyclic) bond motifs is 1. The first kappa shape index (κ1) is 24.4. The number of aromatic nitrogens is 6. The molecule has 1 aliphatic heterocycles. The average Bonchev–Trinajstić information content (AvgIpc) is 3.59. The van der Waals surface area contributed by atoms with E-state index in [4.69, 9.17) is 15.1 Å². The monoisotopic (exact) mass is 522 g/mol. The van der Waals surface area contributed by atoms with Gasteiger partial charge in [0.05, 0.1) is 23.1 Å². The van der Waals surface area contributed by atoms with Gasteiger partial charge in [-0.25, -0.2) is 4.98 Å². The molecule has 1 fully saturated rings. The number of hydrogen-bond acceptors (Lipinski definition) is 9. The third kappa shape index (κ3) is 4.41. The second-order valence-electron chi connectivity index (χ2n) is 9.60. The summed E-state index contributed by atoms with van der Waals surface area (Å²) in [5.41, 5.74) is 11.6. The number of Topliss-reactive ketones (excluding diaryl/α,β-unsaturated/α-hetero) is 1. The molecular weight excluding hydrogens is 496 g/mol. The number of carbonyl (C=O) groups is 2. The number of piperidine rings is 1. The number of pyridine rings is 1. The summed E-state index contributed by atoms with van der Waals surface area (Å²) in [4.78, 5) is 36.8. The van der Waals surface area contributed by atoms with Gasteiger partial charge in [0, 0.05) is 48.8 Å². The smallest absolute Gasteiger partial charge is 0.311 e. The lowest BCUT2D eigenvalue weighted by atomic mass is 9.89. The molecule has 6 rings (SSSR count). The lowest BCUT2D eigenvalue weighted by Crippen LogP contribution is -2.38. The Balaban J connectivity index is 1.32. The number of carbonyl (C=O) groups excluding carboxylic acids is 2. The van der Waals surface area contributed by atoms with E-state index in [0.717, 1.165) is 22.4 Å². The molecule has 5 heterocycles. The molecule has 196 valence electrons. The van der Waals surface area contributed by atoms with E-state index in [1.807, 2.05) is 42.5 Å². The molecule has 1 saturated heterocycles. The fourth-order valence-corrected chi connectivity index (χ4v) is 5.10. The highest BCUT2D eigenvalue weighted by Gasteiger charge is 2.31. The van der Waals surface area contributed by atoms with Crippen molar-refractivity contribution in [2.75, 3.05) is 18.8 Å². The van der Waals surface area contributed by atoms with Crippen molar-refractivity contribution >= 4 is 23.2 Å². The van der Waals surface area contributed by atoms with Gasteiger partial charge in [-0.1, -0.05) is 36.4 Å². The maximum Gasteiger partial charge on any atom is 0.311 e. The Bertz CT molecular complexity index is 1680. The van der Waals surface area contributed by atoms with Gasteiger partial charge in [0.1, 0.15) is 5.82 Å². The number of anilines is 1. The van der Waals surface area contributed by atoms with Gasteiger partial charge < -0.3 is 15.1 Å². The van der Waals surface area contributed by atoms with Crippen LogP contribution in [0.15, 0.2) is 59.3 Å². The van der Waals surface area contributed by atoms with Crippen LogP contribution < -0.4 is 5.73 Å². The number of amides is 1. The zero-order valence-corrected chi connectivity index (χ0v) is 21.5. The summed E-state index contributed by atoms with van der Waals surface area (Å²) in [6.45, 7) is 4.05. The van der Waals surface area contributed by atoms with E-state index in [0.29, 0.717) is 48.7 Å². The van der Waals surface area contributed by atoms with E-state index < -0.39 is 0 Å². The topological polar surface area (TPSA) is 145 Å². The molecule has 0 bridgehead atoms. The first-order chi connectivity index (χ1) is 18.9. The highest BCUT2D eigenvalue weighted by Crippen LogP contribution is 2.35. The van der Waals surface area contributed by atoms with Crippen molar-refractivity contribution in [2.24, 2.45) is 0 Å². The van der Waals surface area contributed by atoms with Crippen molar-refractivity contribution in [2.45, 2.75) is 32.6 Å². The van der Waals surface area contributed by atoms with Gasteiger partial charge in [0.2, 0.25) is 5.89 Å². The molecule has 0 unspecified atom stereocenters. The van der Waals surface area contributed by atoms with Gasteiger partial charge in [-0.3, -0.25) is 14.6 Å². The Morgan fingerprint density at radius 3 is 2.41 bits per heavy atom. The number of nitrogen functional groups attached to an aromatic ring is 1. The Morgan fingerprint density at radius 2 is 1.77 bits per heavy atom. The summed E-state index contributed by atoms with van der Waals surface area (Å²) in [6, 6.07) is 13.9. The summed E-state index contributed by atoms with van der Waals surface area (Å²) in [5, 5.41) is 12.0. The number of ketones is 1. The van der Waals surface area contributed by atoms with Crippen molar-refractivity contribution in [1.82, 2.24) is 34.7 Å². The number of likely N-dealkylation sites (tertiary alicyclic amines) is 1. The van der Waals surface area contributed by atoms with E-state index >= 15 is 0 Å². The molecule has 0 saturated carbocycles. The van der Waals surface area contributed by atoms with E-state index in [2.05, 4.69) is 20.3 Å². The highest BCUT2D eigenvalue weighted by atomic mass is 16.4. The normalized spacial score (nSPS) is 14.2. The molecule has 1 amide bonds. The minimum absolute atomic E-state index is 0.0186. The number of aryl methyl sites for hydroxylation is 1. The van der Waals surface area contributed by atoms with E-state index in [-0.39, 0.29) is 29.3 Å². The number of nitrogens with two attached hydrogens (primary N) is 1. The first-order valence-corrected chi connectivity index (χ1v) is 12.7. The van der Waals surface area contributed by atoms with Gasteiger partial charge in [0.15, 0.2) is 11.4 Å². The molecule has 11 nitrogen and oxygen atoms in total. The van der Waals surface area contributed by atoms with Crippen LogP contribution in [-0.2, 0) is 0 Å². The fourth-order valence-electron chi connectivity index (χ4n) is 5.10. The van der Waals surface area contributed by atoms with E-state index in [9.17, 15) is 9.59 Å². The van der Waals surface area contributed by atoms with Crippen molar-refractivity contribution in [1.29, 1.82) is 0 Å². The number of benzene rings is 1. The minimum Gasteiger partial charge on any atom is -0.417 e. The van der Waals surface area contributed by atoms with Crippen molar-refractivity contribution in [3.8, 4) is 22.4 Å². The lowest BCUT2D eigenvalue weighted by molar-refractivity contribution is 0.0669. The van der Waals surface area contributed by atoms with Gasteiger partial charge in [0.25, 0.3) is 0 Å². The maximum atomic E-state index is 12.8. The van der Waals surface area contributed by atoms with Gasteiger partial charge in [-0.2, -0.15) is 9.61 Å². The van der Waals surface area contributed by atoms with Crippen LogP contribution in [0, 0.1) is 6.92 Å². The fraction of sp³-hybridized carbons (Fsp3) is 0.250. The molecule has 0 radical (unpaired) electrons. The maximum absolute atomic E-state index is 12.8. The zero-order valence-electron chi connectivity index (χ0n) is 21.5. The molecule has 1 aromatic carbocycles. The third-order valence-electron chi connectivity index (χ3n) is 7.08. The Morgan fingerprint density at radius 1 is 1.00 bits per heavy atom. The summed E-state index contributed by atoms with van der Waals surface area (Å²) < 4.78 is 6.81. The largest absolute Gasteiger partial charge is 0.417 e. The Labute approximate surface area is 223 Å². The van der Waals surface area contributed by atoms with Crippen LogP contribution in [-0.4, -0.2) is 59.5 Å². The molecule has 0 aliphatic carbocycles. The van der Waals surface area contributed by atoms with E-state index in [1.165, 1.54) is 11.4 Å². The second-order valence-corrected chi connectivity index (χ2v) is 9.60. The number of nitrogens with zero attached hydrogens (tertiary/aromatic N) is 7. The van der Waals surface area contributed by atoms with Crippen molar-refractivity contribution in [3.63, 3.8) is 0 Å². The van der Waals surface area contributed by atoms with Crippen LogP contribution in [0.4, 0.5) is 5.82 Å². The standard InChI is InChI=1S/C28H26N8O3/c1-16(37)23-24(19-10-12-35(13-11-19)28(38)27-34-33-17(2)39-27)32-26-21(15-31-36(26)25(23)29)20-8-9-22(30-14-20)18-6-4-3-5-7-18/h3-9,14-15,19H,10-13,29H2,1-2H3. The molecule has 2 N–H and O–H groups in total. The summed E-state index contributed by atoms with van der Waals surface area (Å²) in [6.07, 6.45) is 4.70. The number of hydrogen-bond donors (Lipinski definition) is 1. The predicted molar refractivity (Wildman–Crippen MR) is 143 cm³/mol. The molecule has 0 atom stereocenters. The van der Waals surface area contributed by atoms with E-state index in [1.54, 1.807) is 24.2 Å². The quantitative estimate of drug-likeness (QED) is 0.339. The first-order valence-electron chi connectivity index (χ1n) is 12.7. The van der Waals surface area contributed by atoms with Crippen LogP contribution >= 0.6 is 0 Å². The SMILES string of the molecule is CC(=O)c1c(C2CCN(C(=O)c3nnc(C)o3)CC2)nc2c(-c3ccc(-c4ccccc4)nc3)cnn2c1N. The minimum atomic E-state index is -0.298. The molecule has 5 aromatic rings. The van der Waals surface area contributed by atoms with Crippen LogP contribution in [0.5, 0.6) is 0 Å². The molecule has 39 heavy (non-hydrogen) atoms. The van der Waals surface area contributed by atoms with Crippen molar-refractivity contribution < 1.29 is 14.0 Å². The van der Waals surface area contributed by atoms with Crippen LogP contribution in [0.3, 0.4) is 0 Å². The van der Waals surface area contributed by atoms with Crippen LogP contribution in [0.1, 0.15) is 58.3 Å². The second kappa shape index (κ2) is 9.75.